The maximum absolute atomic E-state index is 12.3. The number of hydrogen-bond donors (Lipinski definition) is 1. The van der Waals surface area contributed by atoms with Crippen LogP contribution >= 0.6 is 35.0 Å². The van der Waals surface area contributed by atoms with Crippen LogP contribution in [0.5, 0.6) is 0 Å². The van der Waals surface area contributed by atoms with Gasteiger partial charge in [0, 0.05) is 9.92 Å². The van der Waals surface area contributed by atoms with Crippen molar-refractivity contribution in [2.75, 3.05) is 11.1 Å². The third-order valence-electron chi connectivity index (χ3n) is 4.19. The molecule has 0 fully saturated rings. The van der Waals surface area contributed by atoms with Crippen molar-refractivity contribution in [3.63, 3.8) is 0 Å². The lowest BCUT2D eigenvalue weighted by molar-refractivity contribution is -0.113. The maximum atomic E-state index is 12.3. The summed E-state index contributed by atoms with van der Waals surface area (Å²) in [5.41, 5.74) is 3.83. The molecule has 0 aliphatic carbocycles. The molecular formula is C21H16Cl2N4OS. The van der Waals surface area contributed by atoms with Crippen molar-refractivity contribution in [2.45, 2.75) is 11.8 Å². The number of carbonyl (C=O) groups is 1. The summed E-state index contributed by atoms with van der Waals surface area (Å²) in [6.07, 6.45) is 0. The van der Waals surface area contributed by atoms with E-state index in [2.05, 4.69) is 15.5 Å². The highest BCUT2D eigenvalue weighted by Gasteiger charge is 2.12. The summed E-state index contributed by atoms with van der Waals surface area (Å²) in [7, 11) is 0. The van der Waals surface area contributed by atoms with Crippen LogP contribution in [0.25, 0.3) is 16.7 Å². The van der Waals surface area contributed by atoms with E-state index in [1.165, 1.54) is 11.8 Å². The van der Waals surface area contributed by atoms with E-state index in [1.807, 2.05) is 43.3 Å². The maximum Gasteiger partial charge on any atom is 0.234 e. The van der Waals surface area contributed by atoms with E-state index in [4.69, 9.17) is 23.2 Å². The monoisotopic (exact) mass is 442 g/mol. The van der Waals surface area contributed by atoms with Crippen molar-refractivity contribution in [1.82, 2.24) is 15.0 Å². The van der Waals surface area contributed by atoms with Crippen LogP contribution in [0.1, 0.15) is 5.56 Å². The second-order valence-electron chi connectivity index (χ2n) is 6.44. The lowest BCUT2D eigenvalue weighted by Crippen LogP contribution is -2.14. The number of amides is 1. The highest BCUT2D eigenvalue weighted by molar-refractivity contribution is 8.00. The summed E-state index contributed by atoms with van der Waals surface area (Å²) in [5.74, 6) is 0.101. The zero-order chi connectivity index (χ0) is 20.4. The summed E-state index contributed by atoms with van der Waals surface area (Å²) in [6.45, 7) is 2.02. The molecule has 0 spiro atoms. The molecule has 0 atom stereocenters. The van der Waals surface area contributed by atoms with Crippen molar-refractivity contribution in [1.29, 1.82) is 0 Å². The normalized spacial score (nSPS) is 11.0. The number of benzene rings is 3. The van der Waals surface area contributed by atoms with E-state index >= 15 is 0 Å². The number of thioether (sulfide) groups is 1. The van der Waals surface area contributed by atoms with Crippen molar-refractivity contribution in [3.8, 4) is 5.69 Å². The molecule has 0 radical (unpaired) electrons. The van der Waals surface area contributed by atoms with Gasteiger partial charge in [-0.05, 0) is 55.5 Å². The van der Waals surface area contributed by atoms with E-state index in [0.29, 0.717) is 26.8 Å². The lowest BCUT2D eigenvalue weighted by Gasteiger charge is -2.07. The molecule has 0 aliphatic rings. The van der Waals surface area contributed by atoms with Crippen LogP contribution in [0.15, 0.2) is 65.6 Å². The molecule has 0 saturated carbocycles. The number of anilines is 1. The first-order valence-electron chi connectivity index (χ1n) is 8.80. The number of hydrogen-bond acceptors (Lipinski definition) is 4. The van der Waals surface area contributed by atoms with Gasteiger partial charge in [-0.2, -0.15) is 4.80 Å². The average Bonchev–Trinajstić information content (AvgIpc) is 3.11. The summed E-state index contributed by atoms with van der Waals surface area (Å²) < 4.78 is 0. The molecule has 146 valence electrons. The first-order chi connectivity index (χ1) is 14.0. The Hall–Kier alpha value is -2.54. The Bertz CT molecular complexity index is 1170. The summed E-state index contributed by atoms with van der Waals surface area (Å²) in [5, 5.41) is 12.9. The number of carbonyl (C=O) groups excluding carboxylic acids is 1. The minimum atomic E-state index is -0.155. The predicted octanol–water partition coefficient (Wildman–Crippen LogP) is 5.77. The second kappa shape index (κ2) is 8.45. The Balaban J connectivity index is 1.49. The quantitative estimate of drug-likeness (QED) is 0.398. The molecule has 0 aliphatic heterocycles. The molecule has 1 N–H and O–H groups in total. The van der Waals surface area contributed by atoms with Gasteiger partial charge in [0.05, 0.1) is 22.2 Å². The van der Waals surface area contributed by atoms with Gasteiger partial charge in [0.1, 0.15) is 11.0 Å². The SMILES string of the molecule is Cc1ccc(-n2nc3cc(Cl)c(NC(=O)CSc4ccc(Cl)cc4)cc3n2)cc1. The Morgan fingerprint density at radius 3 is 2.34 bits per heavy atom. The summed E-state index contributed by atoms with van der Waals surface area (Å²) in [4.78, 5) is 14.9. The summed E-state index contributed by atoms with van der Waals surface area (Å²) in [6, 6.07) is 18.7. The molecule has 1 aromatic heterocycles. The minimum Gasteiger partial charge on any atom is -0.324 e. The first kappa shape index (κ1) is 19.8. The van der Waals surface area contributed by atoms with Crippen molar-refractivity contribution in [3.05, 3.63) is 76.3 Å². The Morgan fingerprint density at radius 1 is 1.00 bits per heavy atom. The van der Waals surface area contributed by atoms with Crippen LogP contribution in [-0.4, -0.2) is 26.7 Å². The fraction of sp³-hybridized carbons (Fsp3) is 0.0952. The van der Waals surface area contributed by atoms with E-state index < -0.39 is 0 Å². The molecular weight excluding hydrogens is 427 g/mol. The van der Waals surface area contributed by atoms with Crippen LogP contribution in [0.2, 0.25) is 10.0 Å². The smallest absolute Gasteiger partial charge is 0.234 e. The minimum absolute atomic E-state index is 0.155. The van der Waals surface area contributed by atoms with Gasteiger partial charge in [-0.25, -0.2) is 0 Å². The highest BCUT2D eigenvalue weighted by atomic mass is 35.5. The van der Waals surface area contributed by atoms with E-state index in [1.54, 1.807) is 29.1 Å². The predicted molar refractivity (Wildman–Crippen MR) is 119 cm³/mol. The van der Waals surface area contributed by atoms with Gasteiger partial charge in [0.25, 0.3) is 0 Å². The van der Waals surface area contributed by atoms with Crippen LogP contribution in [-0.2, 0) is 4.79 Å². The van der Waals surface area contributed by atoms with Gasteiger partial charge in [-0.1, -0.05) is 40.9 Å². The van der Waals surface area contributed by atoms with Crippen LogP contribution in [0, 0.1) is 6.92 Å². The third kappa shape index (κ3) is 4.72. The molecule has 4 rings (SSSR count). The van der Waals surface area contributed by atoms with Gasteiger partial charge < -0.3 is 5.32 Å². The second-order valence-corrected chi connectivity index (χ2v) is 8.33. The van der Waals surface area contributed by atoms with E-state index in [0.717, 1.165) is 16.1 Å². The van der Waals surface area contributed by atoms with Gasteiger partial charge in [-0.3, -0.25) is 4.79 Å². The van der Waals surface area contributed by atoms with Crippen molar-refractivity contribution < 1.29 is 4.79 Å². The number of rotatable bonds is 5. The number of aromatic nitrogens is 3. The molecule has 1 amide bonds. The Kier molecular flexibility index (Phi) is 5.76. The van der Waals surface area contributed by atoms with Gasteiger partial charge in [0.15, 0.2) is 0 Å². The third-order valence-corrected chi connectivity index (χ3v) is 5.77. The topological polar surface area (TPSA) is 59.8 Å². The van der Waals surface area contributed by atoms with Crippen molar-refractivity contribution >= 4 is 57.6 Å². The summed E-state index contributed by atoms with van der Waals surface area (Å²) >= 11 is 13.6. The van der Waals surface area contributed by atoms with Gasteiger partial charge in [0.2, 0.25) is 5.91 Å². The van der Waals surface area contributed by atoms with Crippen LogP contribution < -0.4 is 5.32 Å². The number of nitrogens with one attached hydrogen (secondary N) is 1. The fourth-order valence-corrected chi connectivity index (χ4v) is 3.72. The van der Waals surface area contributed by atoms with E-state index in [9.17, 15) is 4.79 Å². The molecule has 1 heterocycles. The first-order valence-corrected chi connectivity index (χ1v) is 10.5. The molecule has 0 saturated heterocycles. The molecule has 3 aromatic carbocycles. The standard InChI is InChI=1S/C21H16Cl2N4OS/c1-13-2-6-15(7-3-13)27-25-19-10-17(23)18(11-20(19)26-27)24-21(28)12-29-16-8-4-14(22)5-9-16/h2-11H,12H2,1H3,(H,24,28). The molecule has 29 heavy (non-hydrogen) atoms. The largest absolute Gasteiger partial charge is 0.324 e. The zero-order valence-electron chi connectivity index (χ0n) is 15.4. The average molecular weight is 443 g/mol. The molecule has 0 bridgehead atoms. The van der Waals surface area contributed by atoms with Gasteiger partial charge >= 0.3 is 0 Å². The number of fused-ring (bicyclic) bond motifs is 1. The molecule has 0 unspecified atom stereocenters. The molecule has 4 aromatic rings. The molecule has 5 nitrogen and oxygen atoms in total. The molecule has 8 heteroatoms. The van der Waals surface area contributed by atoms with E-state index in [-0.39, 0.29) is 11.7 Å². The van der Waals surface area contributed by atoms with Crippen LogP contribution in [0.4, 0.5) is 5.69 Å². The van der Waals surface area contributed by atoms with Gasteiger partial charge in [-0.15, -0.1) is 22.0 Å². The highest BCUT2D eigenvalue weighted by Crippen LogP contribution is 2.28. The van der Waals surface area contributed by atoms with Crippen LogP contribution in [0.3, 0.4) is 0 Å². The number of nitrogens with zero attached hydrogens (tertiary/aromatic N) is 3. The number of halogens is 2. The number of aryl methyl sites for hydroxylation is 1. The van der Waals surface area contributed by atoms with Crippen molar-refractivity contribution in [2.24, 2.45) is 0 Å². The fourth-order valence-electron chi connectivity index (χ4n) is 2.69. The Morgan fingerprint density at radius 2 is 1.66 bits per heavy atom. The Labute approximate surface area is 182 Å². The zero-order valence-corrected chi connectivity index (χ0v) is 17.7. The lowest BCUT2D eigenvalue weighted by atomic mass is 10.2.